The molecule has 5 nitrogen and oxygen atoms in total. The fourth-order valence-corrected chi connectivity index (χ4v) is 2.27. The first kappa shape index (κ1) is 14.9. The molecule has 0 saturated heterocycles. The van der Waals surface area contributed by atoms with E-state index >= 15 is 0 Å². The van der Waals surface area contributed by atoms with E-state index in [1.54, 1.807) is 25.4 Å². The van der Waals surface area contributed by atoms with E-state index in [1.807, 2.05) is 12.1 Å². The summed E-state index contributed by atoms with van der Waals surface area (Å²) < 4.78 is 5.77. The van der Waals surface area contributed by atoms with Crippen molar-refractivity contribution < 1.29 is 9.53 Å². The molecule has 2 heterocycles. The lowest BCUT2D eigenvalue weighted by Gasteiger charge is -2.03. The van der Waals surface area contributed by atoms with Gasteiger partial charge >= 0.3 is 5.97 Å². The largest absolute Gasteiger partial charge is 0.465 e. The fraction of sp³-hybridized carbons (Fsp3) is 0.231. The van der Waals surface area contributed by atoms with E-state index in [0.717, 1.165) is 15.9 Å². The number of halogens is 1. The first-order valence-electron chi connectivity index (χ1n) is 5.92. The van der Waals surface area contributed by atoms with Gasteiger partial charge in [0.05, 0.1) is 23.7 Å². The topological polar surface area (TPSA) is 65.0 Å². The Balaban J connectivity index is 2.08. The number of nitrogens with zero attached hydrogens (tertiary/aromatic N) is 3. The predicted octanol–water partition coefficient (Wildman–Crippen LogP) is 2.96. The van der Waals surface area contributed by atoms with E-state index in [0.29, 0.717) is 11.8 Å². The van der Waals surface area contributed by atoms with Crippen molar-refractivity contribution in [3.63, 3.8) is 0 Å². The molecule has 0 N–H and O–H groups in total. The van der Waals surface area contributed by atoms with Gasteiger partial charge in [-0.25, -0.2) is 9.97 Å². The van der Waals surface area contributed by atoms with Crippen LogP contribution in [0.25, 0.3) is 11.4 Å². The van der Waals surface area contributed by atoms with Gasteiger partial charge < -0.3 is 4.74 Å². The first-order valence-corrected chi connectivity index (χ1v) is 7.70. The maximum atomic E-state index is 11.3. The third kappa shape index (κ3) is 4.28. The number of hydrogen-bond acceptors (Lipinski definition) is 6. The van der Waals surface area contributed by atoms with Gasteiger partial charge in [0, 0.05) is 16.9 Å². The smallest absolute Gasteiger partial charge is 0.316 e. The van der Waals surface area contributed by atoms with Gasteiger partial charge in [-0.15, -0.1) is 0 Å². The molecule has 2 aromatic rings. The number of rotatable bonds is 5. The van der Waals surface area contributed by atoms with Crippen LogP contribution in [0, 0.1) is 0 Å². The minimum absolute atomic E-state index is 0.199. The van der Waals surface area contributed by atoms with Crippen LogP contribution in [0.5, 0.6) is 0 Å². The van der Waals surface area contributed by atoms with Crippen LogP contribution < -0.4 is 0 Å². The maximum absolute atomic E-state index is 11.3. The maximum Gasteiger partial charge on any atom is 0.316 e. The Bertz CT molecular complexity index is 592. The molecule has 0 aliphatic heterocycles. The fourth-order valence-electron chi connectivity index (χ4n) is 1.41. The van der Waals surface area contributed by atoms with Gasteiger partial charge in [-0.2, -0.15) is 0 Å². The highest BCUT2D eigenvalue weighted by molar-refractivity contribution is 9.10. The summed E-state index contributed by atoms with van der Waals surface area (Å²) in [7, 11) is 0. The number of hydrogen-bond donors (Lipinski definition) is 0. The van der Waals surface area contributed by atoms with Crippen LogP contribution in [-0.4, -0.2) is 33.3 Å². The van der Waals surface area contributed by atoms with Crippen LogP contribution in [0.15, 0.2) is 40.2 Å². The number of carbonyl (C=O) groups excluding carboxylic acids is 1. The quantitative estimate of drug-likeness (QED) is 0.467. The van der Waals surface area contributed by atoms with Gasteiger partial charge in [0.25, 0.3) is 0 Å². The van der Waals surface area contributed by atoms with Crippen LogP contribution in [0.3, 0.4) is 0 Å². The Morgan fingerprint density at radius 3 is 2.85 bits per heavy atom. The highest BCUT2D eigenvalue weighted by Gasteiger charge is 2.07. The summed E-state index contributed by atoms with van der Waals surface area (Å²) in [6.07, 6.45) is 3.36. The van der Waals surface area contributed by atoms with Crippen LogP contribution in [0.1, 0.15) is 6.92 Å². The minimum atomic E-state index is -0.270. The summed E-state index contributed by atoms with van der Waals surface area (Å²) in [6, 6.07) is 5.55. The van der Waals surface area contributed by atoms with Crippen molar-refractivity contribution in [2.75, 3.05) is 12.4 Å². The van der Waals surface area contributed by atoms with Gasteiger partial charge in [-0.3, -0.25) is 9.78 Å². The third-order valence-corrected chi connectivity index (χ3v) is 3.55. The van der Waals surface area contributed by atoms with Crippen LogP contribution >= 0.6 is 27.7 Å². The molecule has 0 aromatic carbocycles. The lowest BCUT2D eigenvalue weighted by atomic mass is 10.3. The molecule has 0 atom stereocenters. The summed E-state index contributed by atoms with van der Waals surface area (Å²) in [4.78, 5) is 24.1. The zero-order chi connectivity index (χ0) is 14.4. The molecule has 0 fully saturated rings. The Kier molecular flexibility index (Phi) is 5.49. The molecule has 0 radical (unpaired) electrons. The third-order valence-electron chi connectivity index (χ3n) is 2.25. The zero-order valence-electron chi connectivity index (χ0n) is 10.7. The van der Waals surface area contributed by atoms with Gasteiger partial charge in [0.15, 0.2) is 5.16 Å². The Morgan fingerprint density at radius 2 is 2.15 bits per heavy atom. The normalized spacial score (nSPS) is 10.3. The summed E-state index contributed by atoms with van der Waals surface area (Å²) in [6.45, 7) is 2.15. The second kappa shape index (κ2) is 7.35. The lowest BCUT2D eigenvalue weighted by molar-refractivity contribution is -0.139. The molecule has 2 rings (SSSR count). The molecule has 104 valence electrons. The van der Waals surface area contributed by atoms with Crippen molar-refractivity contribution in [3.05, 3.63) is 35.1 Å². The number of esters is 1. The van der Waals surface area contributed by atoms with E-state index in [1.165, 1.54) is 11.8 Å². The molecule has 0 amide bonds. The van der Waals surface area contributed by atoms with Gasteiger partial charge in [0.1, 0.15) is 0 Å². The molecule has 0 unspecified atom stereocenters. The zero-order valence-corrected chi connectivity index (χ0v) is 13.1. The predicted molar refractivity (Wildman–Crippen MR) is 80.3 cm³/mol. The van der Waals surface area contributed by atoms with Gasteiger partial charge in [0.2, 0.25) is 0 Å². The number of thioether (sulfide) groups is 1. The van der Waals surface area contributed by atoms with E-state index in [9.17, 15) is 4.79 Å². The summed E-state index contributed by atoms with van der Waals surface area (Å²) in [5.41, 5.74) is 1.48. The molecule has 0 aliphatic rings. The van der Waals surface area contributed by atoms with Crippen molar-refractivity contribution in [1.82, 2.24) is 15.0 Å². The van der Waals surface area contributed by atoms with E-state index in [-0.39, 0.29) is 11.7 Å². The minimum Gasteiger partial charge on any atom is -0.465 e. The number of aromatic nitrogens is 3. The molecule has 20 heavy (non-hydrogen) atoms. The van der Waals surface area contributed by atoms with Crippen molar-refractivity contribution >= 4 is 33.7 Å². The van der Waals surface area contributed by atoms with Gasteiger partial charge in [-0.1, -0.05) is 11.8 Å². The van der Waals surface area contributed by atoms with Crippen LogP contribution in [0.2, 0.25) is 0 Å². The van der Waals surface area contributed by atoms with Crippen LogP contribution in [0.4, 0.5) is 0 Å². The number of carbonyl (C=O) groups is 1. The molecule has 0 aliphatic carbocycles. The molecule has 0 bridgehead atoms. The van der Waals surface area contributed by atoms with E-state index < -0.39 is 0 Å². The van der Waals surface area contributed by atoms with Crippen molar-refractivity contribution in [2.45, 2.75) is 12.1 Å². The molecule has 7 heteroatoms. The molecular weight excluding hydrogens is 342 g/mol. The Labute approximate surface area is 129 Å². The molecular formula is C13H12BrN3O2S. The average molecular weight is 354 g/mol. The second-order valence-electron chi connectivity index (χ2n) is 3.68. The summed E-state index contributed by atoms with van der Waals surface area (Å²) in [5, 5.41) is 0.528. The van der Waals surface area contributed by atoms with Crippen molar-refractivity contribution in [1.29, 1.82) is 0 Å². The van der Waals surface area contributed by atoms with Crippen molar-refractivity contribution in [3.8, 4) is 11.4 Å². The number of pyridine rings is 1. The van der Waals surface area contributed by atoms with Crippen LogP contribution in [-0.2, 0) is 9.53 Å². The summed E-state index contributed by atoms with van der Waals surface area (Å²) in [5.74, 6) is -0.0707. The SMILES string of the molecule is CCOC(=O)CSc1nccc(-c2ccc(Br)cn2)n1. The molecule has 0 saturated carbocycles. The van der Waals surface area contributed by atoms with Gasteiger partial charge in [-0.05, 0) is 41.1 Å². The molecule has 0 spiro atoms. The standard InChI is InChI=1S/C13H12BrN3O2S/c1-2-19-12(18)8-20-13-15-6-5-11(17-13)10-4-3-9(14)7-16-10/h3-7H,2,8H2,1H3. The summed E-state index contributed by atoms with van der Waals surface area (Å²) >= 11 is 4.58. The lowest BCUT2D eigenvalue weighted by Crippen LogP contribution is -2.07. The Hall–Kier alpha value is -1.47. The number of ether oxygens (including phenoxy) is 1. The highest BCUT2D eigenvalue weighted by Crippen LogP contribution is 2.19. The van der Waals surface area contributed by atoms with E-state index in [4.69, 9.17) is 4.74 Å². The first-order chi connectivity index (χ1) is 9.69. The molecule has 2 aromatic heterocycles. The Morgan fingerprint density at radius 1 is 1.30 bits per heavy atom. The van der Waals surface area contributed by atoms with Crippen molar-refractivity contribution in [2.24, 2.45) is 0 Å². The van der Waals surface area contributed by atoms with E-state index in [2.05, 4.69) is 30.9 Å². The monoisotopic (exact) mass is 353 g/mol. The average Bonchev–Trinajstić information content (AvgIpc) is 2.47. The highest BCUT2D eigenvalue weighted by atomic mass is 79.9. The second-order valence-corrected chi connectivity index (χ2v) is 5.54.